The van der Waals surface area contributed by atoms with Crippen LogP contribution in [0.3, 0.4) is 0 Å². The molecule has 2 N–H and O–H groups in total. The molecule has 1 amide bonds. The number of allylic oxidation sites excluding steroid dienone is 1. The van der Waals surface area contributed by atoms with Gasteiger partial charge in [0.05, 0.1) is 29.5 Å². The number of nitro groups is 1. The smallest absolute Gasteiger partial charge is 0.269 e. The summed E-state index contributed by atoms with van der Waals surface area (Å²) in [5, 5.41) is 22.0. The SMILES string of the molecule is COc1cccc(-c2nc3n(n2)C(c2ccc([N+](=O)[O-])cc2)C(C(=O)Nc2cccnc2)=C(C)N3)c1. The zero-order valence-electron chi connectivity index (χ0n) is 19.4. The molecule has 2 aromatic heterocycles. The van der Waals surface area contributed by atoms with Crippen molar-refractivity contribution in [3.8, 4) is 17.1 Å². The largest absolute Gasteiger partial charge is 0.497 e. The van der Waals surface area contributed by atoms with Gasteiger partial charge in [0.15, 0.2) is 5.82 Å². The molecule has 3 heterocycles. The quantitative estimate of drug-likeness (QED) is 0.308. The first-order chi connectivity index (χ1) is 17.4. The van der Waals surface area contributed by atoms with Crippen molar-refractivity contribution in [2.24, 2.45) is 0 Å². The van der Waals surface area contributed by atoms with Crippen molar-refractivity contribution in [1.29, 1.82) is 0 Å². The Labute approximate surface area is 205 Å². The van der Waals surface area contributed by atoms with E-state index < -0.39 is 11.0 Å². The number of benzene rings is 2. The zero-order chi connectivity index (χ0) is 25.2. The number of nitro benzene ring substituents is 1. The third-order valence-electron chi connectivity index (χ3n) is 5.76. The molecule has 0 spiro atoms. The maximum atomic E-state index is 13.5. The number of hydrogen-bond acceptors (Lipinski definition) is 8. The van der Waals surface area contributed by atoms with Crippen LogP contribution in [0.1, 0.15) is 18.5 Å². The highest BCUT2D eigenvalue weighted by atomic mass is 16.6. The molecule has 0 bridgehead atoms. The van der Waals surface area contributed by atoms with Gasteiger partial charge in [-0.25, -0.2) is 4.68 Å². The van der Waals surface area contributed by atoms with Crippen molar-refractivity contribution < 1.29 is 14.5 Å². The monoisotopic (exact) mass is 483 g/mol. The van der Waals surface area contributed by atoms with Gasteiger partial charge in [0.1, 0.15) is 11.8 Å². The number of hydrogen-bond donors (Lipinski definition) is 2. The van der Waals surface area contributed by atoms with Crippen molar-refractivity contribution in [2.45, 2.75) is 13.0 Å². The molecule has 1 atom stereocenters. The van der Waals surface area contributed by atoms with Gasteiger partial charge < -0.3 is 15.4 Å². The summed E-state index contributed by atoms with van der Waals surface area (Å²) in [4.78, 5) is 32.9. The second kappa shape index (κ2) is 9.29. The Balaban J connectivity index is 1.60. The molecule has 0 saturated carbocycles. The molecular formula is C25H21N7O4. The number of non-ortho nitro benzene ring substituents is 1. The Bertz CT molecular complexity index is 1480. The predicted octanol–water partition coefficient (Wildman–Crippen LogP) is 4.18. The molecule has 11 heteroatoms. The van der Waals surface area contributed by atoms with E-state index in [0.29, 0.717) is 40.0 Å². The van der Waals surface area contributed by atoms with E-state index in [2.05, 4.69) is 20.6 Å². The van der Waals surface area contributed by atoms with Gasteiger partial charge in [0, 0.05) is 29.6 Å². The summed E-state index contributed by atoms with van der Waals surface area (Å²) in [5.74, 6) is 1.17. The number of carbonyl (C=O) groups excluding carboxylic acids is 1. The van der Waals surface area contributed by atoms with Crippen LogP contribution in [-0.4, -0.2) is 37.7 Å². The lowest BCUT2D eigenvalue weighted by Crippen LogP contribution is -2.31. The minimum atomic E-state index is -0.689. The van der Waals surface area contributed by atoms with Crippen LogP contribution in [0.4, 0.5) is 17.3 Å². The van der Waals surface area contributed by atoms with Crippen LogP contribution in [0.15, 0.2) is 84.3 Å². The second-order valence-corrected chi connectivity index (χ2v) is 8.05. The fourth-order valence-electron chi connectivity index (χ4n) is 4.05. The van der Waals surface area contributed by atoms with Gasteiger partial charge in [-0.15, -0.1) is 5.10 Å². The molecule has 0 saturated heterocycles. The molecule has 180 valence electrons. The molecule has 36 heavy (non-hydrogen) atoms. The van der Waals surface area contributed by atoms with Gasteiger partial charge >= 0.3 is 0 Å². The van der Waals surface area contributed by atoms with E-state index in [4.69, 9.17) is 9.84 Å². The molecule has 2 aromatic carbocycles. The maximum Gasteiger partial charge on any atom is 0.269 e. The second-order valence-electron chi connectivity index (χ2n) is 8.05. The highest BCUT2D eigenvalue weighted by Gasteiger charge is 2.34. The van der Waals surface area contributed by atoms with Gasteiger partial charge in [-0.3, -0.25) is 19.9 Å². The van der Waals surface area contributed by atoms with Gasteiger partial charge in [0.25, 0.3) is 11.6 Å². The van der Waals surface area contributed by atoms with E-state index in [1.807, 2.05) is 24.3 Å². The Morgan fingerprint density at radius 3 is 2.67 bits per heavy atom. The van der Waals surface area contributed by atoms with Gasteiger partial charge in [0.2, 0.25) is 5.95 Å². The average Bonchev–Trinajstić information content (AvgIpc) is 3.32. The summed E-state index contributed by atoms with van der Waals surface area (Å²) >= 11 is 0. The number of pyridine rings is 1. The van der Waals surface area contributed by atoms with Crippen molar-refractivity contribution >= 4 is 23.2 Å². The van der Waals surface area contributed by atoms with Crippen LogP contribution in [0, 0.1) is 10.1 Å². The Morgan fingerprint density at radius 2 is 1.97 bits per heavy atom. The van der Waals surface area contributed by atoms with Crippen LogP contribution >= 0.6 is 0 Å². The number of ether oxygens (including phenoxy) is 1. The number of methoxy groups -OCH3 is 1. The van der Waals surface area contributed by atoms with Crippen LogP contribution < -0.4 is 15.4 Å². The van der Waals surface area contributed by atoms with Crippen LogP contribution in [-0.2, 0) is 4.79 Å². The van der Waals surface area contributed by atoms with Crippen molar-refractivity contribution in [1.82, 2.24) is 19.7 Å². The number of carbonyl (C=O) groups is 1. The van der Waals surface area contributed by atoms with Crippen molar-refractivity contribution in [2.75, 3.05) is 17.7 Å². The molecule has 1 aliphatic heterocycles. The first-order valence-electron chi connectivity index (χ1n) is 11.0. The Hall–Kier alpha value is -5.06. The standard InChI is InChI=1S/C25H21N7O4/c1-15-21(24(33)28-18-6-4-12-26-14-18)22(16-8-10-19(11-9-16)32(34)35)31-25(27-15)29-23(30-31)17-5-3-7-20(13-17)36-2/h3-14,22H,1-2H3,(H,28,33)(H,27,29,30). The summed E-state index contributed by atoms with van der Waals surface area (Å²) in [6.07, 6.45) is 3.16. The minimum Gasteiger partial charge on any atom is -0.497 e. The molecule has 0 fully saturated rings. The highest BCUT2D eigenvalue weighted by Crippen LogP contribution is 2.37. The van der Waals surface area contributed by atoms with E-state index in [0.717, 1.165) is 5.56 Å². The fourth-order valence-corrected chi connectivity index (χ4v) is 4.05. The summed E-state index contributed by atoms with van der Waals surface area (Å²) in [7, 11) is 1.58. The summed E-state index contributed by atoms with van der Waals surface area (Å²) < 4.78 is 6.93. The lowest BCUT2D eigenvalue weighted by molar-refractivity contribution is -0.384. The van der Waals surface area contributed by atoms with E-state index >= 15 is 0 Å². The molecule has 0 aliphatic carbocycles. The van der Waals surface area contributed by atoms with Gasteiger partial charge in [-0.1, -0.05) is 12.1 Å². The number of nitrogens with one attached hydrogen (secondary N) is 2. The van der Waals surface area contributed by atoms with Gasteiger partial charge in [-0.05, 0) is 48.9 Å². The first kappa shape index (κ1) is 22.7. The van der Waals surface area contributed by atoms with E-state index in [9.17, 15) is 14.9 Å². The number of fused-ring (bicyclic) bond motifs is 1. The highest BCUT2D eigenvalue weighted by molar-refractivity contribution is 6.06. The molecular weight excluding hydrogens is 462 g/mol. The number of aromatic nitrogens is 4. The number of rotatable bonds is 6. The van der Waals surface area contributed by atoms with Gasteiger partial charge in [-0.2, -0.15) is 4.98 Å². The normalized spacial score (nSPS) is 14.6. The predicted molar refractivity (Wildman–Crippen MR) is 132 cm³/mol. The number of nitrogens with zero attached hydrogens (tertiary/aromatic N) is 5. The minimum absolute atomic E-state index is 0.0503. The van der Waals surface area contributed by atoms with E-state index in [-0.39, 0.29) is 11.6 Å². The Morgan fingerprint density at radius 1 is 1.17 bits per heavy atom. The first-order valence-corrected chi connectivity index (χ1v) is 11.0. The number of anilines is 2. The fraction of sp³-hybridized carbons (Fsp3) is 0.120. The summed E-state index contributed by atoms with van der Waals surface area (Å²) in [5.41, 5.74) is 2.83. The van der Waals surface area contributed by atoms with Crippen LogP contribution in [0.25, 0.3) is 11.4 Å². The van der Waals surface area contributed by atoms with E-state index in [1.54, 1.807) is 55.4 Å². The molecule has 11 nitrogen and oxygen atoms in total. The third kappa shape index (κ3) is 4.25. The van der Waals surface area contributed by atoms with Crippen LogP contribution in [0.5, 0.6) is 5.75 Å². The average molecular weight is 483 g/mol. The van der Waals surface area contributed by atoms with Crippen molar-refractivity contribution in [3.63, 3.8) is 0 Å². The molecule has 4 aromatic rings. The Kier molecular flexibility index (Phi) is 5.87. The molecule has 1 unspecified atom stereocenters. The zero-order valence-corrected chi connectivity index (χ0v) is 19.4. The maximum absolute atomic E-state index is 13.5. The summed E-state index contributed by atoms with van der Waals surface area (Å²) in [6, 6.07) is 16.2. The third-order valence-corrected chi connectivity index (χ3v) is 5.76. The van der Waals surface area contributed by atoms with E-state index in [1.165, 1.54) is 12.1 Å². The molecule has 1 aliphatic rings. The topological polar surface area (TPSA) is 137 Å². The number of amides is 1. The molecule has 0 radical (unpaired) electrons. The van der Waals surface area contributed by atoms with Crippen LogP contribution in [0.2, 0.25) is 0 Å². The lowest BCUT2D eigenvalue weighted by Gasteiger charge is -2.28. The van der Waals surface area contributed by atoms with Crippen molar-refractivity contribution in [3.05, 3.63) is 100 Å². The summed E-state index contributed by atoms with van der Waals surface area (Å²) in [6.45, 7) is 1.78. The lowest BCUT2D eigenvalue weighted by atomic mass is 9.95. The molecule has 5 rings (SSSR count).